The maximum absolute atomic E-state index is 13.0. The van der Waals surface area contributed by atoms with Crippen LogP contribution in [0, 0.1) is 11.8 Å². The molecule has 2 amide bonds. The number of aliphatic carboxylic acids is 1. The van der Waals surface area contributed by atoms with E-state index in [1.807, 2.05) is 50.2 Å². The monoisotopic (exact) mass is 478 g/mol. The van der Waals surface area contributed by atoms with Crippen molar-refractivity contribution in [2.24, 2.45) is 11.8 Å². The summed E-state index contributed by atoms with van der Waals surface area (Å²) in [5.41, 5.74) is 4.50. The minimum atomic E-state index is -1.04. The van der Waals surface area contributed by atoms with Gasteiger partial charge in [-0.05, 0) is 53.4 Å². The van der Waals surface area contributed by atoms with Gasteiger partial charge in [0.2, 0.25) is 5.91 Å². The minimum Gasteiger partial charge on any atom is -0.480 e. The Morgan fingerprint density at radius 2 is 1.60 bits per heavy atom. The molecule has 3 N–H and O–H groups in total. The fraction of sp³-hybridized carbons (Fsp3) is 0.464. The molecule has 2 aliphatic rings. The Bertz CT molecular complexity index is 1040. The van der Waals surface area contributed by atoms with Crippen molar-refractivity contribution in [2.45, 2.75) is 64.0 Å². The highest BCUT2D eigenvalue weighted by Gasteiger charge is 2.36. The topological polar surface area (TPSA) is 105 Å². The van der Waals surface area contributed by atoms with Gasteiger partial charge < -0.3 is 20.5 Å². The van der Waals surface area contributed by atoms with Crippen molar-refractivity contribution >= 4 is 18.0 Å². The maximum atomic E-state index is 13.0. The van der Waals surface area contributed by atoms with Gasteiger partial charge >= 0.3 is 12.1 Å². The lowest BCUT2D eigenvalue weighted by atomic mass is 9.79. The Hall–Kier alpha value is -3.35. The zero-order valence-electron chi connectivity index (χ0n) is 20.3. The number of nitrogens with one attached hydrogen (secondary N) is 2. The first-order valence-corrected chi connectivity index (χ1v) is 12.5. The summed E-state index contributed by atoms with van der Waals surface area (Å²) in [7, 11) is 0. The van der Waals surface area contributed by atoms with Crippen LogP contribution in [0.3, 0.4) is 0 Å². The number of hydrogen-bond donors (Lipinski definition) is 3. The SMILES string of the molecule is CCC(C)CC(NC(=O)OCC1c2ccccc2-c2ccccc21)C(=O)NC(C(=O)O)C1CCC1. The number of amides is 2. The van der Waals surface area contributed by atoms with Gasteiger partial charge in [-0.1, -0.05) is 75.2 Å². The molecule has 186 valence electrons. The van der Waals surface area contributed by atoms with Crippen molar-refractivity contribution in [1.82, 2.24) is 10.6 Å². The van der Waals surface area contributed by atoms with E-state index in [2.05, 4.69) is 22.8 Å². The molecule has 4 rings (SSSR count). The molecule has 2 aliphatic carbocycles. The van der Waals surface area contributed by atoms with E-state index in [1.165, 1.54) is 0 Å². The average Bonchev–Trinajstić information content (AvgIpc) is 3.14. The third-order valence-electron chi connectivity index (χ3n) is 7.47. The Balaban J connectivity index is 1.42. The highest BCUT2D eigenvalue weighted by atomic mass is 16.5. The second-order valence-corrected chi connectivity index (χ2v) is 9.79. The van der Waals surface area contributed by atoms with Crippen molar-refractivity contribution in [1.29, 1.82) is 0 Å². The third kappa shape index (κ3) is 5.50. The van der Waals surface area contributed by atoms with Gasteiger partial charge in [0, 0.05) is 5.92 Å². The van der Waals surface area contributed by atoms with Crippen LogP contribution in [0.5, 0.6) is 0 Å². The molecule has 3 unspecified atom stereocenters. The van der Waals surface area contributed by atoms with Gasteiger partial charge in [0.15, 0.2) is 0 Å². The van der Waals surface area contributed by atoms with E-state index >= 15 is 0 Å². The molecule has 7 heteroatoms. The Kier molecular flexibility index (Phi) is 7.73. The summed E-state index contributed by atoms with van der Waals surface area (Å²) in [5, 5.41) is 15.0. The van der Waals surface area contributed by atoms with Crippen molar-refractivity contribution in [2.75, 3.05) is 6.61 Å². The van der Waals surface area contributed by atoms with Crippen LogP contribution in [0.2, 0.25) is 0 Å². The summed E-state index contributed by atoms with van der Waals surface area (Å²) < 4.78 is 5.62. The summed E-state index contributed by atoms with van der Waals surface area (Å²) in [6.45, 7) is 4.17. The normalized spacial score (nSPS) is 17.3. The number of carboxylic acids is 1. The van der Waals surface area contributed by atoms with Gasteiger partial charge in [0.05, 0.1) is 0 Å². The number of carbonyl (C=O) groups excluding carboxylic acids is 2. The zero-order chi connectivity index (χ0) is 24.9. The number of benzene rings is 2. The van der Waals surface area contributed by atoms with E-state index in [1.54, 1.807) is 0 Å². The lowest BCUT2D eigenvalue weighted by Gasteiger charge is -2.32. The van der Waals surface area contributed by atoms with E-state index in [0.717, 1.165) is 47.9 Å². The first-order valence-electron chi connectivity index (χ1n) is 12.5. The molecule has 0 spiro atoms. The van der Waals surface area contributed by atoms with Crippen LogP contribution in [0.15, 0.2) is 48.5 Å². The molecule has 0 aliphatic heterocycles. The standard InChI is InChI=1S/C28H34N2O5/c1-3-17(2)15-24(26(31)30-25(27(32)33)18-9-8-10-18)29-28(34)35-16-23-21-13-6-4-11-19(21)20-12-5-7-14-22(20)23/h4-7,11-14,17-18,23-25H,3,8-10,15-16H2,1-2H3,(H,29,34)(H,30,31)(H,32,33). The van der Waals surface area contributed by atoms with Gasteiger partial charge in [-0.25, -0.2) is 9.59 Å². The van der Waals surface area contributed by atoms with E-state index in [4.69, 9.17) is 4.74 Å². The number of carbonyl (C=O) groups is 3. The van der Waals surface area contributed by atoms with Crippen LogP contribution < -0.4 is 10.6 Å². The second-order valence-electron chi connectivity index (χ2n) is 9.79. The van der Waals surface area contributed by atoms with Crippen LogP contribution in [0.4, 0.5) is 4.79 Å². The van der Waals surface area contributed by atoms with E-state index in [-0.39, 0.29) is 24.4 Å². The van der Waals surface area contributed by atoms with Crippen molar-refractivity contribution in [3.63, 3.8) is 0 Å². The predicted octanol–water partition coefficient (Wildman–Crippen LogP) is 4.70. The first kappa shape index (κ1) is 24.8. The molecule has 0 saturated heterocycles. The number of hydrogen-bond acceptors (Lipinski definition) is 4. The number of alkyl carbamates (subject to hydrolysis) is 1. The van der Waals surface area contributed by atoms with E-state index in [0.29, 0.717) is 6.42 Å². The van der Waals surface area contributed by atoms with Crippen LogP contribution >= 0.6 is 0 Å². The van der Waals surface area contributed by atoms with Crippen LogP contribution in [-0.4, -0.2) is 41.8 Å². The molecule has 0 radical (unpaired) electrons. The summed E-state index contributed by atoms with van der Waals surface area (Å²) in [5.74, 6) is -1.48. The molecule has 2 aromatic carbocycles. The summed E-state index contributed by atoms with van der Waals surface area (Å²) in [6, 6.07) is 14.4. The number of ether oxygens (including phenoxy) is 1. The molecule has 35 heavy (non-hydrogen) atoms. The van der Waals surface area contributed by atoms with Gasteiger partial charge in [0.25, 0.3) is 0 Å². The molecule has 1 fully saturated rings. The van der Waals surface area contributed by atoms with Gasteiger partial charge in [0.1, 0.15) is 18.7 Å². The predicted molar refractivity (Wildman–Crippen MR) is 133 cm³/mol. The third-order valence-corrected chi connectivity index (χ3v) is 7.47. The number of rotatable bonds is 10. The summed E-state index contributed by atoms with van der Waals surface area (Å²) in [4.78, 5) is 37.5. The lowest BCUT2D eigenvalue weighted by molar-refractivity contribution is -0.144. The molecule has 3 atom stereocenters. The molecular formula is C28H34N2O5. The van der Waals surface area contributed by atoms with Gasteiger partial charge in [-0.15, -0.1) is 0 Å². The molecule has 2 aromatic rings. The quantitative estimate of drug-likeness (QED) is 0.459. The zero-order valence-corrected chi connectivity index (χ0v) is 20.3. The highest BCUT2D eigenvalue weighted by molar-refractivity contribution is 5.89. The van der Waals surface area contributed by atoms with Crippen molar-refractivity contribution in [3.8, 4) is 11.1 Å². The van der Waals surface area contributed by atoms with Crippen LogP contribution in [-0.2, 0) is 14.3 Å². The average molecular weight is 479 g/mol. The van der Waals surface area contributed by atoms with E-state index in [9.17, 15) is 19.5 Å². The number of fused-ring (bicyclic) bond motifs is 3. The minimum absolute atomic E-state index is 0.0600. The molecule has 1 saturated carbocycles. The first-order chi connectivity index (χ1) is 16.9. The fourth-order valence-electron chi connectivity index (χ4n) is 4.99. The summed E-state index contributed by atoms with van der Waals surface area (Å²) in [6.07, 6.45) is 3.11. The molecule has 7 nitrogen and oxygen atoms in total. The number of carboxylic acid groups (broad SMARTS) is 1. The van der Waals surface area contributed by atoms with Gasteiger partial charge in [-0.3, -0.25) is 4.79 Å². The smallest absolute Gasteiger partial charge is 0.407 e. The Morgan fingerprint density at radius 1 is 1.00 bits per heavy atom. The van der Waals surface area contributed by atoms with Crippen molar-refractivity contribution in [3.05, 3.63) is 59.7 Å². The van der Waals surface area contributed by atoms with Crippen molar-refractivity contribution < 1.29 is 24.2 Å². The summed E-state index contributed by atoms with van der Waals surface area (Å²) >= 11 is 0. The largest absolute Gasteiger partial charge is 0.480 e. The fourth-order valence-corrected chi connectivity index (χ4v) is 4.99. The second kappa shape index (κ2) is 10.9. The molecule has 0 aromatic heterocycles. The van der Waals surface area contributed by atoms with Crippen LogP contribution in [0.1, 0.15) is 63.0 Å². The molecule has 0 heterocycles. The molecule has 0 bridgehead atoms. The van der Waals surface area contributed by atoms with Crippen LogP contribution in [0.25, 0.3) is 11.1 Å². The molecular weight excluding hydrogens is 444 g/mol. The Labute approximate surface area is 206 Å². The van der Waals surface area contributed by atoms with E-state index < -0.39 is 30.1 Å². The lowest BCUT2D eigenvalue weighted by Crippen LogP contribution is -2.55. The maximum Gasteiger partial charge on any atom is 0.407 e. The Morgan fingerprint density at radius 3 is 2.11 bits per heavy atom. The highest BCUT2D eigenvalue weighted by Crippen LogP contribution is 2.44. The van der Waals surface area contributed by atoms with Gasteiger partial charge in [-0.2, -0.15) is 0 Å².